The Morgan fingerprint density at radius 2 is 1.28 bits per heavy atom. The summed E-state index contributed by atoms with van der Waals surface area (Å²) in [6.45, 7) is -2.45. The highest BCUT2D eigenvalue weighted by atomic mass is 31.2. The highest BCUT2D eigenvalue weighted by Crippen LogP contribution is 2.49. The van der Waals surface area contributed by atoms with Crippen molar-refractivity contribution < 1.29 is 4.79 Å². The third-order valence-electron chi connectivity index (χ3n) is 4.70. The van der Waals surface area contributed by atoms with Gasteiger partial charge in [0, 0.05) is 6.42 Å². The molecule has 4 rings (SSSR count). The molecule has 1 aliphatic heterocycles. The Kier molecular flexibility index (Phi) is 3.88. The molecule has 0 aromatic heterocycles. The molecule has 1 aliphatic rings. The Balaban J connectivity index is 2.27. The van der Waals surface area contributed by atoms with Crippen LogP contribution in [-0.2, 0) is 11.2 Å². The van der Waals surface area contributed by atoms with Gasteiger partial charge in [0.15, 0.2) is 5.78 Å². The number of ketones is 1. The summed E-state index contributed by atoms with van der Waals surface area (Å²) < 4.78 is 0. The molecule has 3 aromatic rings. The first kappa shape index (κ1) is 15.6. The number of carbonyl (C=O) groups excluding carboxylic acids is 1. The van der Waals surface area contributed by atoms with Gasteiger partial charge >= 0.3 is 0 Å². The molecule has 0 bridgehead atoms. The second kappa shape index (κ2) is 6.20. The van der Waals surface area contributed by atoms with Gasteiger partial charge in [-0.15, -0.1) is 0 Å². The Bertz CT molecular complexity index is 1000. The van der Waals surface area contributed by atoms with Crippen molar-refractivity contribution in [1.82, 2.24) is 0 Å². The lowest BCUT2D eigenvalue weighted by molar-refractivity contribution is -0.112. The third kappa shape index (κ3) is 2.29. The van der Waals surface area contributed by atoms with Crippen molar-refractivity contribution in [2.45, 2.75) is 6.42 Å². The van der Waals surface area contributed by atoms with Crippen LogP contribution >= 0.6 is 6.89 Å². The minimum atomic E-state index is -2.45. The normalized spacial score (nSPS) is 15.3. The van der Waals surface area contributed by atoms with Crippen LogP contribution in [0.2, 0.25) is 0 Å². The molecule has 0 amide bonds. The molecular formula is C22H16NOP. The van der Waals surface area contributed by atoms with E-state index in [0.29, 0.717) is 11.7 Å². The second-order valence-electron chi connectivity index (χ2n) is 6.03. The van der Waals surface area contributed by atoms with Crippen molar-refractivity contribution in [2.75, 3.05) is 0 Å². The van der Waals surface area contributed by atoms with E-state index in [-0.39, 0.29) is 5.78 Å². The van der Waals surface area contributed by atoms with Crippen LogP contribution in [0, 0.1) is 11.3 Å². The average Bonchev–Trinajstić information content (AvgIpc) is 2.68. The molecule has 0 unspecified atom stereocenters. The molecule has 0 saturated heterocycles. The van der Waals surface area contributed by atoms with Gasteiger partial charge in [0.1, 0.15) is 11.4 Å². The van der Waals surface area contributed by atoms with E-state index in [9.17, 15) is 10.1 Å². The van der Waals surface area contributed by atoms with Crippen LogP contribution in [0.25, 0.3) is 0 Å². The van der Waals surface area contributed by atoms with Crippen molar-refractivity contribution in [3.05, 3.63) is 90.5 Å². The predicted octanol–water partition coefficient (Wildman–Crippen LogP) is 2.80. The van der Waals surface area contributed by atoms with Gasteiger partial charge in [-0.25, -0.2) is 0 Å². The topological polar surface area (TPSA) is 40.9 Å². The summed E-state index contributed by atoms with van der Waals surface area (Å²) in [5, 5.41) is 13.6. The van der Waals surface area contributed by atoms with Crippen LogP contribution in [-0.4, -0.2) is 11.1 Å². The van der Waals surface area contributed by atoms with Gasteiger partial charge in [0.2, 0.25) is 0 Å². The fourth-order valence-electron chi connectivity index (χ4n) is 3.68. The van der Waals surface area contributed by atoms with Gasteiger partial charge < -0.3 is 0 Å². The lowest BCUT2D eigenvalue weighted by Crippen LogP contribution is -2.39. The molecule has 3 aromatic carbocycles. The number of nitriles is 1. The molecule has 0 radical (unpaired) electrons. The lowest BCUT2D eigenvalue weighted by Gasteiger charge is -2.34. The van der Waals surface area contributed by atoms with Crippen molar-refractivity contribution in [3.63, 3.8) is 0 Å². The smallest absolute Gasteiger partial charge is 0.178 e. The van der Waals surface area contributed by atoms with Gasteiger partial charge in [-0.05, 0) is 28.4 Å². The highest BCUT2D eigenvalue weighted by Gasteiger charge is 2.38. The summed E-state index contributed by atoms with van der Waals surface area (Å²) >= 11 is 0. The first-order chi connectivity index (χ1) is 12.3. The van der Waals surface area contributed by atoms with E-state index in [1.165, 1.54) is 0 Å². The molecule has 0 N–H and O–H groups in total. The Hall–Kier alpha value is -2.88. The number of Topliss-reactive ketones (excluding diaryl/α,β-unsaturated/α-hetero) is 1. The number of benzene rings is 3. The monoisotopic (exact) mass is 341 g/mol. The fourth-order valence-corrected chi connectivity index (χ4v) is 8.03. The Morgan fingerprint density at radius 1 is 0.760 bits per heavy atom. The zero-order valence-corrected chi connectivity index (χ0v) is 14.5. The van der Waals surface area contributed by atoms with Crippen LogP contribution in [0.4, 0.5) is 0 Å². The standard InChI is InChI=1S/C22H16NOP/c23-16-22-20(24)15-17-9-7-8-14-21(17)25(22,18-10-3-1-4-11-18)19-12-5-2-6-13-19/h1-14H,15H2. The molecule has 0 fully saturated rings. The zero-order valence-electron chi connectivity index (χ0n) is 13.6. The van der Waals surface area contributed by atoms with Gasteiger partial charge in [-0.2, -0.15) is 5.26 Å². The van der Waals surface area contributed by atoms with Gasteiger partial charge in [0.25, 0.3) is 0 Å². The molecule has 2 nitrogen and oxygen atoms in total. The van der Waals surface area contributed by atoms with E-state index in [1.54, 1.807) is 0 Å². The van der Waals surface area contributed by atoms with Crippen LogP contribution < -0.4 is 15.9 Å². The van der Waals surface area contributed by atoms with Crippen molar-refractivity contribution >= 4 is 33.9 Å². The van der Waals surface area contributed by atoms with Crippen molar-refractivity contribution in [2.24, 2.45) is 0 Å². The summed E-state index contributed by atoms with van der Waals surface area (Å²) in [4.78, 5) is 12.9. The Morgan fingerprint density at radius 3 is 1.84 bits per heavy atom. The molecule has 0 saturated carbocycles. The summed E-state index contributed by atoms with van der Waals surface area (Å²) in [7, 11) is 0. The Labute approximate surface area is 147 Å². The van der Waals surface area contributed by atoms with Crippen LogP contribution in [0.15, 0.2) is 84.9 Å². The largest absolute Gasteiger partial charge is 0.293 e. The number of rotatable bonds is 2. The van der Waals surface area contributed by atoms with Crippen molar-refractivity contribution in [3.8, 4) is 6.07 Å². The second-order valence-corrected chi connectivity index (χ2v) is 9.33. The molecule has 1 heterocycles. The molecule has 0 aliphatic carbocycles. The van der Waals surface area contributed by atoms with E-state index >= 15 is 0 Å². The number of carbonyl (C=O) groups is 1. The number of fused-ring (bicyclic) bond motifs is 1. The van der Waals surface area contributed by atoms with E-state index in [1.807, 2.05) is 78.9 Å². The number of hydrogen-bond donors (Lipinski definition) is 0. The van der Waals surface area contributed by atoms with Crippen LogP contribution in [0.1, 0.15) is 5.56 Å². The first-order valence-electron chi connectivity index (χ1n) is 8.18. The van der Waals surface area contributed by atoms with E-state index < -0.39 is 6.89 Å². The molecule has 3 heteroatoms. The minimum Gasteiger partial charge on any atom is -0.293 e. The highest BCUT2D eigenvalue weighted by molar-refractivity contribution is 7.97. The molecule has 0 spiro atoms. The minimum absolute atomic E-state index is 0.0535. The summed E-state index contributed by atoms with van der Waals surface area (Å²) in [6.07, 6.45) is 0.306. The SMILES string of the molecule is N#CC1=P(c2ccccc2)(c2ccccc2)c2ccccc2CC1=O. The van der Waals surface area contributed by atoms with Crippen molar-refractivity contribution in [1.29, 1.82) is 5.26 Å². The van der Waals surface area contributed by atoms with Gasteiger partial charge in [-0.1, -0.05) is 84.9 Å². The molecule has 0 atom stereocenters. The maximum absolute atomic E-state index is 12.9. The van der Waals surface area contributed by atoms with Gasteiger partial charge in [0.05, 0.1) is 0 Å². The van der Waals surface area contributed by atoms with Crippen LogP contribution in [0.3, 0.4) is 0 Å². The molecular weight excluding hydrogens is 325 g/mol. The van der Waals surface area contributed by atoms with E-state index in [0.717, 1.165) is 21.5 Å². The quantitative estimate of drug-likeness (QED) is 0.673. The first-order valence-corrected chi connectivity index (χ1v) is 9.97. The number of nitrogens with zero attached hydrogens (tertiary/aromatic N) is 1. The summed E-state index contributed by atoms with van der Waals surface area (Å²) in [6, 6.07) is 30.4. The zero-order chi connectivity index (χ0) is 17.3. The van der Waals surface area contributed by atoms with Crippen LogP contribution in [0.5, 0.6) is 0 Å². The van der Waals surface area contributed by atoms with E-state index in [2.05, 4.69) is 12.1 Å². The molecule has 25 heavy (non-hydrogen) atoms. The maximum atomic E-state index is 12.9. The lowest BCUT2D eigenvalue weighted by atomic mass is 10.1. The number of hydrogen-bond acceptors (Lipinski definition) is 2. The summed E-state index contributed by atoms with van der Waals surface area (Å²) in [5.74, 6) is -0.0535. The average molecular weight is 341 g/mol. The van der Waals surface area contributed by atoms with E-state index in [4.69, 9.17) is 0 Å². The van der Waals surface area contributed by atoms with Gasteiger partial charge in [-0.3, -0.25) is 4.79 Å². The fraction of sp³-hybridized carbons (Fsp3) is 0.0455. The predicted molar refractivity (Wildman–Crippen MR) is 104 cm³/mol. The molecule has 120 valence electrons. The maximum Gasteiger partial charge on any atom is 0.178 e. The third-order valence-corrected chi connectivity index (χ3v) is 9.02. The summed E-state index contributed by atoms with van der Waals surface area (Å²) in [5.41, 5.74) is 1.03.